The molecule has 3 aromatic rings. The molecule has 7 heteroatoms. The number of hydrogen-bond donors (Lipinski definition) is 1. The predicted molar refractivity (Wildman–Crippen MR) is 109 cm³/mol. The summed E-state index contributed by atoms with van der Waals surface area (Å²) in [5.74, 6) is 0.581. The number of methoxy groups -OCH3 is 2. The first-order chi connectivity index (χ1) is 13.4. The van der Waals surface area contributed by atoms with Crippen LogP contribution in [0.1, 0.15) is 18.2 Å². The van der Waals surface area contributed by atoms with E-state index in [0.29, 0.717) is 22.7 Å². The molecule has 0 amide bonds. The van der Waals surface area contributed by atoms with Gasteiger partial charge in [0.05, 0.1) is 25.6 Å². The second kappa shape index (κ2) is 7.64. The maximum Gasteiger partial charge on any atom is 0.297 e. The molecule has 28 heavy (non-hydrogen) atoms. The van der Waals surface area contributed by atoms with Crippen molar-refractivity contribution >= 4 is 11.4 Å². The fourth-order valence-corrected chi connectivity index (χ4v) is 3.07. The van der Waals surface area contributed by atoms with Crippen LogP contribution in [-0.2, 0) is 7.05 Å². The first kappa shape index (κ1) is 19.3. The minimum Gasteiger partial charge on any atom is -0.504 e. The molecule has 1 N–H and O–H groups in total. The topological polar surface area (TPSA) is 78.0 Å². The highest BCUT2D eigenvalue weighted by Crippen LogP contribution is 2.37. The van der Waals surface area contributed by atoms with E-state index in [4.69, 9.17) is 9.47 Å². The number of benzene rings is 2. The maximum absolute atomic E-state index is 13.0. The van der Waals surface area contributed by atoms with E-state index in [-0.39, 0.29) is 17.1 Å². The minimum atomic E-state index is -0.213. The zero-order chi connectivity index (χ0) is 20.4. The lowest BCUT2D eigenvalue weighted by atomic mass is 10.1. The van der Waals surface area contributed by atoms with Crippen LogP contribution in [0.4, 0.5) is 5.69 Å². The van der Waals surface area contributed by atoms with Crippen LogP contribution in [0.2, 0.25) is 0 Å². The van der Waals surface area contributed by atoms with E-state index in [9.17, 15) is 9.90 Å². The lowest BCUT2D eigenvalue weighted by Crippen LogP contribution is -2.19. The van der Waals surface area contributed by atoms with Gasteiger partial charge in [0.2, 0.25) is 5.75 Å². The van der Waals surface area contributed by atoms with E-state index in [0.717, 1.165) is 11.4 Å². The van der Waals surface area contributed by atoms with Gasteiger partial charge in [0, 0.05) is 18.3 Å². The number of aromatic hydroxyl groups is 1. The van der Waals surface area contributed by atoms with Crippen molar-refractivity contribution in [1.82, 2.24) is 9.36 Å². The first-order valence-electron chi connectivity index (χ1n) is 8.73. The van der Waals surface area contributed by atoms with Crippen LogP contribution in [0.3, 0.4) is 0 Å². The van der Waals surface area contributed by atoms with Gasteiger partial charge >= 0.3 is 0 Å². The second-order valence-corrected chi connectivity index (χ2v) is 6.34. The molecule has 1 aromatic heterocycles. The number of aromatic nitrogens is 2. The highest BCUT2D eigenvalue weighted by molar-refractivity contribution is 6.01. The van der Waals surface area contributed by atoms with Crippen molar-refractivity contribution in [1.29, 1.82) is 0 Å². The van der Waals surface area contributed by atoms with Gasteiger partial charge in [-0.05, 0) is 38.1 Å². The number of rotatable bonds is 5. The molecule has 0 aliphatic carbocycles. The van der Waals surface area contributed by atoms with Gasteiger partial charge in [-0.15, -0.1) is 0 Å². The lowest BCUT2D eigenvalue weighted by Gasteiger charge is -2.11. The van der Waals surface area contributed by atoms with Crippen LogP contribution in [0, 0.1) is 6.92 Å². The number of para-hydroxylation sites is 1. The van der Waals surface area contributed by atoms with Crippen molar-refractivity contribution in [3.8, 4) is 22.9 Å². The molecule has 0 fully saturated rings. The van der Waals surface area contributed by atoms with E-state index in [1.807, 2.05) is 44.3 Å². The largest absolute Gasteiger partial charge is 0.504 e. The fraction of sp³-hybridized carbons (Fsp3) is 0.238. The van der Waals surface area contributed by atoms with Crippen LogP contribution >= 0.6 is 0 Å². The van der Waals surface area contributed by atoms with Gasteiger partial charge in [-0.2, -0.15) is 0 Å². The molecule has 0 atom stereocenters. The Bertz CT molecular complexity index is 1100. The summed E-state index contributed by atoms with van der Waals surface area (Å²) in [5, 5.41) is 10.2. The van der Waals surface area contributed by atoms with Crippen molar-refractivity contribution in [2.75, 3.05) is 14.2 Å². The molecule has 0 bridgehead atoms. The van der Waals surface area contributed by atoms with Crippen molar-refractivity contribution in [3.05, 3.63) is 64.1 Å². The molecule has 2 aromatic carbocycles. The maximum atomic E-state index is 13.0. The Labute approximate surface area is 163 Å². The van der Waals surface area contributed by atoms with E-state index >= 15 is 0 Å². The number of aliphatic imine (C=N–C) groups is 1. The summed E-state index contributed by atoms with van der Waals surface area (Å²) in [5.41, 5.74) is 2.83. The highest BCUT2D eigenvalue weighted by Gasteiger charge is 2.17. The van der Waals surface area contributed by atoms with E-state index < -0.39 is 0 Å². The van der Waals surface area contributed by atoms with Gasteiger partial charge in [0.15, 0.2) is 17.2 Å². The third-order valence-electron chi connectivity index (χ3n) is 4.68. The van der Waals surface area contributed by atoms with Crippen molar-refractivity contribution in [3.63, 3.8) is 0 Å². The molecular weight excluding hydrogens is 358 g/mol. The van der Waals surface area contributed by atoms with Crippen LogP contribution in [-0.4, -0.2) is 34.4 Å². The van der Waals surface area contributed by atoms with Gasteiger partial charge in [0.25, 0.3) is 5.56 Å². The standard InChI is InChI=1S/C21H23N3O4/c1-13(15-11-17(25)20(28-5)18(12-15)27-4)22-19-14(2)23(3)24(21(19)26)16-9-7-6-8-10-16/h6-12,25H,1-5H3. The quantitative estimate of drug-likeness (QED) is 0.688. The molecule has 7 nitrogen and oxygen atoms in total. The summed E-state index contributed by atoms with van der Waals surface area (Å²) in [6.45, 7) is 3.62. The van der Waals surface area contributed by atoms with Crippen LogP contribution in [0.15, 0.2) is 52.3 Å². The Morgan fingerprint density at radius 1 is 1.11 bits per heavy atom. The van der Waals surface area contributed by atoms with Crippen molar-refractivity contribution in [2.24, 2.45) is 12.0 Å². The van der Waals surface area contributed by atoms with Crippen LogP contribution in [0.5, 0.6) is 17.2 Å². The van der Waals surface area contributed by atoms with Gasteiger partial charge in [0.1, 0.15) is 0 Å². The molecule has 0 unspecified atom stereocenters. The van der Waals surface area contributed by atoms with Gasteiger partial charge in [-0.25, -0.2) is 9.67 Å². The van der Waals surface area contributed by atoms with E-state index in [1.54, 1.807) is 22.4 Å². The Kier molecular flexibility index (Phi) is 5.26. The molecule has 1 heterocycles. The number of phenolic OH excluding ortho intramolecular Hbond substituents is 1. The van der Waals surface area contributed by atoms with Gasteiger partial charge in [-0.3, -0.25) is 9.48 Å². The van der Waals surface area contributed by atoms with E-state index in [1.165, 1.54) is 20.3 Å². The molecule has 3 rings (SSSR count). The zero-order valence-corrected chi connectivity index (χ0v) is 16.6. The average molecular weight is 381 g/mol. The van der Waals surface area contributed by atoms with E-state index in [2.05, 4.69) is 4.99 Å². The molecule has 0 saturated heterocycles. The summed E-state index contributed by atoms with van der Waals surface area (Å²) >= 11 is 0. The Balaban J connectivity index is 2.12. The zero-order valence-electron chi connectivity index (χ0n) is 16.6. The summed E-state index contributed by atoms with van der Waals surface area (Å²) < 4.78 is 13.8. The minimum absolute atomic E-state index is 0.0575. The fourth-order valence-electron chi connectivity index (χ4n) is 3.07. The first-order valence-corrected chi connectivity index (χ1v) is 8.73. The lowest BCUT2D eigenvalue weighted by molar-refractivity contribution is 0.333. The normalized spacial score (nSPS) is 11.5. The molecule has 0 aliphatic heterocycles. The molecule has 0 aliphatic rings. The van der Waals surface area contributed by atoms with Crippen molar-refractivity contribution < 1.29 is 14.6 Å². The number of ether oxygens (including phenoxy) is 2. The van der Waals surface area contributed by atoms with Crippen LogP contribution in [0.25, 0.3) is 5.69 Å². The third kappa shape index (κ3) is 3.26. The van der Waals surface area contributed by atoms with Gasteiger partial charge < -0.3 is 14.6 Å². The van der Waals surface area contributed by atoms with Gasteiger partial charge in [-0.1, -0.05) is 18.2 Å². The summed E-state index contributed by atoms with van der Waals surface area (Å²) in [6, 6.07) is 12.6. The van der Waals surface area contributed by atoms with Crippen LogP contribution < -0.4 is 15.0 Å². The summed E-state index contributed by atoms with van der Waals surface area (Å²) in [7, 11) is 4.77. The van der Waals surface area contributed by atoms with Crippen molar-refractivity contribution in [2.45, 2.75) is 13.8 Å². The second-order valence-electron chi connectivity index (χ2n) is 6.34. The predicted octanol–water partition coefficient (Wildman–Crippen LogP) is 3.35. The number of nitrogens with zero attached hydrogens (tertiary/aromatic N) is 3. The Morgan fingerprint density at radius 2 is 1.79 bits per heavy atom. The molecular formula is C21H23N3O4. The Morgan fingerprint density at radius 3 is 2.39 bits per heavy atom. The smallest absolute Gasteiger partial charge is 0.297 e. The summed E-state index contributed by atoms with van der Waals surface area (Å²) in [4.78, 5) is 17.6. The highest BCUT2D eigenvalue weighted by atomic mass is 16.5. The summed E-state index contributed by atoms with van der Waals surface area (Å²) in [6.07, 6.45) is 0. The number of hydrogen-bond acceptors (Lipinski definition) is 5. The average Bonchev–Trinajstić information content (AvgIpc) is 2.91. The molecule has 146 valence electrons. The molecule has 0 radical (unpaired) electrons. The third-order valence-corrected chi connectivity index (χ3v) is 4.68. The number of phenols is 1. The monoisotopic (exact) mass is 381 g/mol. The molecule has 0 saturated carbocycles. The SMILES string of the molecule is COc1cc(C(C)=Nc2c(C)n(C)n(-c3ccccc3)c2=O)cc(O)c1OC. The Hall–Kier alpha value is -3.48. The molecule has 0 spiro atoms.